The van der Waals surface area contributed by atoms with Gasteiger partial charge in [0.25, 0.3) is 5.69 Å². The van der Waals surface area contributed by atoms with Crippen LogP contribution in [-0.2, 0) is 11.3 Å². The highest BCUT2D eigenvalue weighted by Crippen LogP contribution is 2.29. The number of carbonyl (C=O) groups excluding carboxylic acids is 1. The van der Waals surface area contributed by atoms with E-state index in [1.165, 1.54) is 23.9 Å². The summed E-state index contributed by atoms with van der Waals surface area (Å²) >= 11 is 4.79. The predicted octanol–water partition coefficient (Wildman–Crippen LogP) is 5.47. The molecule has 3 rings (SSSR count). The summed E-state index contributed by atoms with van der Waals surface area (Å²) in [7, 11) is 0. The molecule has 0 bridgehead atoms. The Morgan fingerprint density at radius 1 is 1.14 bits per heavy atom. The highest BCUT2D eigenvalue weighted by atomic mass is 79.9. The van der Waals surface area contributed by atoms with Crippen LogP contribution in [0.5, 0.6) is 0 Å². The maximum Gasteiger partial charge on any atom is 0.269 e. The summed E-state index contributed by atoms with van der Waals surface area (Å²) in [5.41, 5.74) is 1.59. The molecule has 6 nitrogen and oxygen atoms in total. The second kappa shape index (κ2) is 9.67. The fourth-order valence-electron chi connectivity index (χ4n) is 2.69. The number of nitrogens with zero attached hydrogens (tertiary/aromatic N) is 3. The zero-order chi connectivity index (χ0) is 20.8. The molecule has 2 aromatic carbocycles. The monoisotopic (exact) mass is 471 g/mol. The van der Waals surface area contributed by atoms with Crippen molar-refractivity contribution in [3.8, 4) is 0 Å². The largest absolute Gasteiger partial charge is 0.305 e. The number of thioether (sulfide) groups is 1. The molecule has 29 heavy (non-hydrogen) atoms. The third kappa shape index (κ3) is 5.65. The number of pyridine rings is 1. The highest BCUT2D eigenvalue weighted by Gasteiger charge is 2.24. The maximum atomic E-state index is 13.3. The van der Waals surface area contributed by atoms with E-state index in [1.54, 1.807) is 23.2 Å². The van der Waals surface area contributed by atoms with Gasteiger partial charge < -0.3 is 4.90 Å². The van der Waals surface area contributed by atoms with Crippen molar-refractivity contribution in [2.24, 2.45) is 0 Å². The summed E-state index contributed by atoms with van der Waals surface area (Å²) in [4.78, 5) is 30.5. The highest BCUT2D eigenvalue weighted by molar-refractivity contribution is 9.10. The number of nitro benzene ring substituents is 1. The quantitative estimate of drug-likeness (QED) is 0.259. The lowest BCUT2D eigenvalue weighted by Crippen LogP contribution is -2.36. The number of halogens is 1. The third-order valence-corrected chi connectivity index (χ3v) is 5.79. The number of hydrogen-bond acceptors (Lipinski definition) is 5. The van der Waals surface area contributed by atoms with Crippen LogP contribution in [0.1, 0.15) is 12.6 Å². The average Bonchev–Trinajstić information content (AvgIpc) is 2.73. The molecule has 0 spiro atoms. The normalized spacial score (nSPS) is 11.7. The van der Waals surface area contributed by atoms with Gasteiger partial charge >= 0.3 is 0 Å². The molecule has 0 saturated heterocycles. The Morgan fingerprint density at radius 3 is 2.41 bits per heavy atom. The minimum absolute atomic E-state index is 0.0278. The molecule has 8 heteroatoms. The summed E-state index contributed by atoms with van der Waals surface area (Å²) in [5, 5.41) is 10.4. The van der Waals surface area contributed by atoms with Crippen LogP contribution in [0, 0.1) is 10.1 Å². The van der Waals surface area contributed by atoms with E-state index in [0.717, 1.165) is 20.7 Å². The number of carbonyl (C=O) groups is 1. The van der Waals surface area contributed by atoms with Crippen molar-refractivity contribution in [1.82, 2.24) is 4.98 Å². The fourth-order valence-corrected chi connectivity index (χ4v) is 3.89. The molecule has 1 atom stereocenters. The zero-order valence-corrected chi connectivity index (χ0v) is 18.0. The lowest BCUT2D eigenvalue weighted by atomic mass is 10.2. The number of anilines is 1. The maximum absolute atomic E-state index is 13.3. The van der Waals surface area contributed by atoms with E-state index in [2.05, 4.69) is 20.9 Å². The number of benzene rings is 2. The van der Waals surface area contributed by atoms with Gasteiger partial charge in [0.1, 0.15) is 0 Å². The lowest BCUT2D eigenvalue weighted by molar-refractivity contribution is -0.384. The van der Waals surface area contributed by atoms with Gasteiger partial charge in [-0.05, 0) is 55.5 Å². The summed E-state index contributed by atoms with van der Waals surface area (Å²) in [5.74, 6) is -0.0682. The first kappa shape index (κ1) is 21.0. The Labute approximate surface area is 181 Å². The SMILES string of the molecule is CC(Sc1ccc([N+](=O)[O-])cc1)C(=O)N(Cc1ccccn1)c1ccc(Br)cc1. The molecular formula is C21H18BrN3O3S. The van der Waals surface area contributed by atoms with Gasteiger partial charge in [0.15, 0.2) is 0 Å². The number of nitro groups is 1. The van der Waals surface area contributed by atoms with E-state index >= 15 is 0 Å². The number of rotatable bonds is 7. The van der Waals surface area contributed by atoms with Gasteiger partial charge in [-0.3, -0.25) is 19.9 Å². The van der Waals surface area contributed by atoms with Gasteiger partial charge in [-0.2, -0.15) is 0 Å². The zero-order valence-electron chi connectivity index (χ0n) is 15.6. The van der Waals surface area contributed by atoms with Crippen LogP contribution in [0.4, 0.5) is 11.4 Å². The molecule has 0 aliphatic heterocycles. The van der Waals surface area contributed by atoms with Crippen molar-refractivity contribution in [2.45, 2.75) is 23.6 Å². The summed E-state index contributed by atoms with van der Waals surface area (Å²) < 4.78 is 0.930. The number of aromatic nitrogens is 1. The molecule has 3 aromatic rings. The Bertz CT molecular complexity index is 982. The smallest absolute Gasteiger partial charge is 0.269 e. The standard InChI is InChI=1S/C21H18BrN3O3S/c1-15(29-20-11-9-19(10-12-20)25(27)28)21(26)24(14-17-4-2-3-13-23-17)18-7-5-16(22)6-8-18/h2-13,15H,14H2,1H3. The van der Waals surface area contributed by atoms with E-state index in [1.807, 2.05) is 49.4 Å². The Balaban J connectivity index is 1.80. The van der Waals surface area contributed by atoms with Crippen LogP contribution in [0.25, 0.3) is 0 Å². The van der Waals surface area contributed by atoms with Gasteiger partial charge in [-0.15, -0.1) is 11.8 Å². The van der Waals surface area contributed by atoms with Crippen LogP contribution in [0.2, 0.25) is 0 Å². The molecule has 1 unspecified atom stereocenters. The van der Waals surface area contributed by atoms with Gasteiger partial charge in [0, 0.05) is 33.4 Å². The first-order valence-corrected chi connectivity index (χ1v) is 10.5. The van der Waals surface area contributed by atoms with Gasteiger partial charge in [0.05, 0.1) is 22.4 Å². The topological polar surface area (TPSA) is 76.3 Å². The van der Waals surface area contributed by atoms with Crippen molar-refractivity contribution in [2.75, 3.05) is 4.90 Å². The van der Waals surface area contributed by atoms with Crippen LogP contribution in [-0.4, -0.2) is 21.1 Å². The third-order valence-electron chi connectivity index (χ3n) is 4.16. The molecule has 0 fully saturated rings. The minimum Gasteiger partial charge on any atom is -0.305 e. The molecule has 0 saturated carbocycles. The first-order chi connectivity index (χ1) is 13.9. The molecule has 0 N–H and O–H groups in total. The predicted molar refractivity (Wildman–Crippen MR) is 118 cm³/mol. The Hall–Kier alpha value is -2.71. The van der Waals surface area contributed by atoms with E-state index in [9.17, 15) is 14.9 Å². The fraction of sp³-hybridized carbons (Fsp3) is 0.143. The summed E-state index contributed by atoms with van der Waals surface area (Å²) in [6, 6.07) is 19.4. The van der Waals surface area contributed by atoms with Gasteiger partial charge in [0.2, 0.25) is 5.91 Å². The lowest BCUT2D eigenvalue weighted by Gasteiger charge is -2.25. The van der Waals surface area contributed by atoms with Gasteiger partial charge in [-0.25, -0.2) is 0 Å². The van der Waals surface area contributed by atoms with E-state index in [-0.39, 0.29) is 16.8 Å². The number of non-ortho nitro benzene ring substituents is 1. The van der Waals surface area contributed by atoms with Crippen molar-refractivity contribution < 1.29 is 9.72 Å². The molecule has 1 heterocycles. The molecule has 1 amide bonds. The Kier molecular flexibility index (Phi) is 7.00. The molecule has 0 radical (unpaired) electrons. The van der Waals surface area contributed by atoms with E-state index in [0.29, 0.717) is 6.54 Å². The van der Waals surface area contributed by atoms with Crippen LogP contribution in [0.3, 0.4) is 0 Å². The second-order valence-corrected chi connectivity index (χ2v) is 8.56. The summed E-state index contributed by atoms with van der Waals surface area (Å²) in [6.45, 7) is 2.19. The van der Waals surface area contributed by atoms with Crippen molar-refractivity contribution in [1.29, 1.82) is 0 Å². The van der Waals surface area contributed by atoms with E-state index in [4.69, 9.17) is 0 Å². The molecular weight excluding hydrogens is 454 g/mol. The number of hydrogen-bond donors (Lipinski definition) is 0. The molecule has 148 valence electrons. The number of amides is 1. The summed E-state index contributed by atoms with van der Waals surface area (Å²) in [6.07, 6.45) is 1.70. The average molecular weight is 472 g/mol. The van der Waals surface area contributed by atoms with E-state index < -0.39 is 4.92 Å². The molecule has 1 aromatic heterocycles. The molecule has 0 aliphatic carbocycles. The van der Waals surface area contributed by atoms with Crippen LogP contribution < -0.4 is 4.90 Å². The first-order valence-electron chi connectivity index (χ1n) is 8.82. The van der Waals surface area contributed by atoms with Crippen LogP contribution >= 0.6 is 27.7 Å². The van der Waals surface area contributed by atoms with Crippen molar-refractivity contribution >= 4 is 45.0 Å². The molecule has 0 aliphatic rings. The van der Waals surface area contributed by atoms with Gasteiger partial charge in [-0.1, -0.05) is 22.0 Å². The van der Waals surface area contributed by atoms with Crippen LogP contribution in [0.15, 0.2) is 82.3 Å². The second-order valence-electron chi connectivity index (χ2n) is 6.23. The minimum atomic E-state index is -0.439. The van der Waals surface area contributed by atoms with Crippen molar-refractivity contribution in [3.63, 3.8) is 0 Å². The van der Waals surface area contributed by atoms with Crippen molar-refractivity contribution in [3.05, 3.63) is 93.2 Å². The Morgan fingerprint density at radius 2 is 1.83 bits per heavy atom.